The fraction of sp³-hybridized carbons (Fsp3) is 0.167. The number of isothiocyanates is 1. The highest BCUT2D eigenvalue weighted by Crippen LogP contribution is 2.08. The van der Waals surface area contributed by atoms with E-state index < -0.39 is 5.97 Å². The fourth-order valence-corrected chi connectivity index (χ4v) is 1.20. The normalized spacial score (nSPS) is 10.4. The molecule has 0 aromatic heterocycles. The van der Waals surface area contributed by atoms with Crippen LogP contribution in [-0.2, 0) is 9.53 Å². The predicted octanol–water partition coefficient (Wildman–Crippen LogP) is 2.69. The van der Waals surface area contributed by atoms with E-state index in [2.05, 4.69) is 22.4 Å². The molecule has 0 bridgehead atoms. The lowest BCUT2D eigenvalue weighted by Crippen LogP contribution is -2.05. The highest BCUT2D eigenvalue weighted by molar-refractivity contribution is 7.78. The van der Waals surface area contributed by atoms with Gasteiger partial charge in [-0.15, -0.1) is 0 Å². The summed E-state index contributed by atoms with van der Waals surface area (Å²) < 4.78 is 4.84. The lowest BCUT2D eigenvalue weighted by atomic mass is 10.2. The van der Waals surface area contributed by atoms with Crippen molar-refractivity contribution < 1.29 is 9.53 Å². The lowest BCUT2D eigenvalue weighted by molar-refractivity contribution is -0.138. The Kier molecular flexibility index (Phi) is 5.12. The number of aliphatic imine (C=N–C) groups is 1. The lowest BCUT2D eigenvalue weighted by Gasteiger charge is -2.00. The Labute approximate surface area is 99.5 Å². The van der Waals surface area contributed by atoms with Crippen molar-refractivity contribution in [3.05, 3.63) is 41.6 Å². The van der Waals surface area contributed by atoms with E-state index in [-0.39, 0.29) is 5.70 Å². The molecule has 82 valence electrons. The van der Waals surface area contributed by atoms with Gasteiger partial charge in [0, 0.05) is 0 Å². The van der Waals surface area contributed by atoms with Crippen LogP contribution in [0.1, 0.15) is 12.5 Å². The van der Waals surface area contributed by atoms with E-state index in [0.29, 0.717) is 6.61 Å². The van der Waals surface area contributed by atoms with Crippen molar-refractivity contribution in [3.63, 3.8) is 0 Å². The molecule has 0 aliphatic carbocycles. The highest BCUT2D eigenvalue weighted by Gasteiger charge is 2.08. The van der Waals surface area contributed by atoms with Gasteiger partial charge >= 0.3 is 5.97 Å². The SMILES string of the molecule is CCOC(=O)/C(=C/c1ccccc1)N=C=S. The van der Waals surface area contributed by atoms with E-state index in [1.165, 1.54) is 0 Å². The molecule has 0 atom stereocenters. The standard InChI is InChI=1S/C12H11NO2S/c1-2-15-12(14)11(13-9-16)8-10-6-4-3-5-7-10/h3-8H,2H2,1H3/b11-8-. The Morgan fingerprint density at radius 1 is 1.50 bits per heavy atom. The van der Waals surface area contributed by atoms with E-state index >= 15 is 0 Å². The number of carbonyl (C=O) groups is 1. The number of hydrogen-bond donors (Lipinski definition) is 0. The second kappa shape index (κ2) is 6.67. The third kappa shape index (κ3) is 3.77. The molecule has 0 saturated heterocycles. The molecule has 1 aromatic rings. The molecule has 0 aliphatic heterocycles. The van der Waals surface area contributed by atoms with Gasteiger partial charge in [-0.3, -0.25) is 0 Å². The summed E-state index contributed by atoms with van der Waals surface area (Å²) in [7, 11) is 0. The van der Waals surface area contributed by atoms with Gasteiger partial charge in [0.25, 0.3) is 0 Å². The molecule has 1 aromatic carbocycles. The number of thiocarbonyl (C=S) groups is 1. The molecule has 0 fully saturated rings. The number of hydrogen-bond acceptors (Lipinski definition) is 4. The number of ether oxygens (including phenoxy) is 1. The summed E-state index contributed by atoms with van der Waals surface area (Å²) >= 11 is 4.48. The predicted molar refractivity (Wildman–Crippen MR) is 66.1 cm³/mol. The zero-order chi connectivity index (χ0) is 11.8. The summed E-state index contributed by atoms with van der Waals surface area (Å²) in [6, 6.07) is 9.35. The summed E-state index contributed by atoms with van der Waals surface area (Å²) in [4.78, 5) is 15.2. The first-order valence-corrected chi connectivity index (χ1v) is 5.20. The van der Waals surface area contributed by atoms with Crippen molar-refractivity contribution in [1.82, 2.24) is 0 Å². The van der Waals surface area contributed by atoms with Crippen molar-refractivity contribution >= 4 is 29.4 Å². The van der Waals surface area contributed by atoms with Crippen LogP contribution in [0.15, 0.2) is 41.0 Å². The van der Waals surface area contributed by atoms with E-state index in [1.54, 1.807) is 13.0 Å². The maximum absolute atomic E-state index is 11.5. The summed E-state index contributed by atoms with van der Waals surface area (Å²) in [5.41, 5.74) is 1.02. The van der Waals surface area contributed by atoms with Crippen molar-refractivity contribution in [3.8, 4) is 0 Å². The van der Waals surface area contributed by atoms with E-state index in [9.17, 15) is 4.79 Å². The van der Waals surface area contributed by atoms with Crippen LogP contribution in [-0.4, -0.2) is 17.7 Å². The minimum atomic E-state index is -0.497. The van der Waals surface area contributed by atoms with Crippen LogP contribution in [0.3, 0.4) is 0 Å². The van der Waals surface area contributed by atoms with Gasteiger partial charge < -0.3 is 4.74 Å². The Balaban J connectivity index is 2.98. The van der Waals surface area contributed by atoms with Gasteiger partial charge in [-0.1, -0.05) is 30.3 Å². The summed E-state index contributed by atoms with van der Waals surface area (Å²) in [6.45, 7) is 2.04. The molecule has 0 N–H and O–H groups in total. The molecule has 16 heavy (non-hydrogen) atoms. The minimum Gasteiger partial charge on any atom is -0.461 e. The zero-order valence-corrected chi connectivity index (χ0v) is 9.66. The molecular weight excluding hydrogens is 222 g/mol. The summed E-state index contributed by atoms with van der Waals surface area (Å²) in [5, 5.41) is 2.17. The zero-order valence-electron chi connectivity index (χ0n) is 8.84. The second-order valence-corrected chi connectivity index (χ2v) is 3.05. The molecular formula is C12H11NO2S. The molecule has 0 amide bonds. The van der Waals surface area contributed by atoms with Crippen molar-refractivity contribution in [2.45, 2.75) is 6.92 Å². The number of carbonyl (C=O) groups excluding carboxylic acids is 1. The molecule has 0 heterocycles. The minimum absolute atomic E-state index is 0.156. The van der Waals surface area contributed by atoms with E-state index in [4.69, 9.17) is 4.74 Å². The van der Waals surface area contributed by atoms with Gasteiger partial charge in [-0.05, 0) is 30.8 Å². The molecule has 3 nitrogen and oxygen atoms in total. The van der Waals surface area contributed by atoms with E-state index in [1.807, 2.05) is 30.3 Å². The molecule has 0 saturated carbocycles. The topological polar surface area (TPSA) is 38.7 Å². The Morgan fingerprint density at radius 2 is 2.19 bits per heavy atom. The molecule has 4 heteroatoms. The number of rotatable bonds is 4. The average molecular weight is 233 g/mol. The van der Waals surface area contributed by atoms with Crippen LogP contribution >= 0.6 is 12.2 Å². The van der Waals surface area contributed by atoms with Crippen molar-refractivity contribution in [2.24, 2.45) is 4.99 Å². The Morgan fingerprint density at radius 3 is 2.75 bits per heavy atom. The third-order valence-corrected chi connectivity index (χ3v) is 1.84. The maximum atomic E-state index is 11.5. The first-order valence-electron chi connectivity index (χ1n) is 4.79. The third-order valence-electron chi connectivity index (χ3n) is 1.75. The van der Waals surface area contributed by atoms with Crippen LogP contribution < -0.4 is 0 Å². The van der Waals surface area contributed by atoms with Gasteiger partial charge in [-0.25, -0.2) is 4.79 Å². The second-order valence-electron chi connectivity index (χ2n) is 2.86. The van der Waals surface area contributed by atoms with Gasteiger partial charge in [0.2, 0.25) is 0 Å². The van der Waals surface area contributed by atoms with Crippen molar-refractivity contribution in [1.29, 1.82) is 0 Å². The first-order chi connectivity index (χ1) is 7.77. The van der Waals surface area contributed by atoms with Crippen molar-refractivity contribution in [2.75, 3.05) is 6.61 Å². The number of benzene rings is 1. The largest absolute Gasteiger partial charge is 0.461 e. The van der Waals surface area contributed by atoms with E-state index in [0.717, 1.165) is 5.56 Å². The smallest absolute Gasteiger partial charge is 0.357 e. The molecule has 0 unspecified atom stereocenters. The van der Waals surface area contributed by atoms with Crippen LogP contribution in [0.4, 0.5) is 0 Å². The van der Waals surface area contributed by atoms with Gasteiger partial charge in [0.05, 0.1) is 11.8 Å². The van der Waals surface area contributed by atoms with Gasteiger partial charge in [0.1, 0.15) is 0 Å². The quantitative estimate of drug-likeness (QED) is 0.347. The van der Waals surface area contributed by atoms with Crippen LogP contribution in [0, 0.1) is 0 Å². The van der Waals surface area contributed by atoms with Crippen LogP contribution in [0.5, 0.6) is 0 Å². The summed E-state index contributed by atoms with van der Waals surface area (Å²) in [6.07, 6.45) is 1.61. The molecule has 0 radical (unpaired) electrons. The molecule has 0 aliphatic rings. The first kappa shape index (κ1) is 12.3. The maximum Gasteiger partial charge on any atom is 0.357 e. The highest BCUT2D eigenvalue weighted by atomic mass is 32.1. The van der Waals surface area contributed by atoms with Crippen LogP contribution in [0.2, 0.25) is 0 Å². The Bertz CT molecular complexity index is 434. The number of esters is 1. The fourth-order valence-electron chi connectivity index (χ4n) is 1.10. The summed E-state index contributed by atoms with van der Waals surface area (Å²) in [5.74, 6) is -0.497. The number of nitrogens with zero attached hydrogens (tertiary/aromatic N) is 1. The average Bonchev–Trinajstić information content (AvgIpc) is 2.30. The van der Waals surface area contributed by atoms with Gasteiger partial charge in [-0.2, -0.15) is 4.99 Å². The monoisotopic (exact) mass is 233 g/mol. The van der Waals surface area contributed by atoms with Crippen LogP contribution in [0.25, 0.3) is 6.08 Å². The molecule has 1 rings (SSSR count). The molecule has 0 spiro atoms. The van der Waals surface area contributed by atoms with Gasteiger partial charge in [0.15, 0.2) is 5.70 Å². The Hall–Kier alpha value is -1.77.